The van der Waals surface area contributed by atoms with Crippen molar-refractivity contribution in [2.45, 2.75) is 46.1 Å². The molecule has 3 aliphatic rings. The molecule has 2 heterocycles. The fourth-order valence-electron chi connectivity index (χ4n) is 5.53. The summed E-state index contributed by atoms with van der Waals surface area (Å²) >= 11 is 0. The van der Waals surface area contributed by atoms with Gasteiger partial charge in [0.25, 0.3) is 0 Å². The quantitative estimate of drug-likeness (QED) is 0.524. The lowest BCUT2D eigenvalue weighted by Gasteiger charge is -2.41. The van der Waals surface area contributed by atoms with Gasteiger partial charge in [0.2, 0.25) is 11.8 Å². The number of nitrogens with zero attached hydrogens (tertiary/aromatic N) is 3. The first kappa shape index (κ1) is 20.5. The third kappa shape index (κ3) is 4.26. The van der Waals surface area contributed by atoms with Crippen LogP contribution in [0.5, 0.6) is 0 Å². The van der Waals surface area contributed by atoms with Crippen molar-refractivity contribution in [3.63, 3.8) is 0 Å². The van der Waals surface area contributed by atoms with Crippen molar-refractivity contribution in [3.8, 4) is 0 Å². The minimum Gasteiger partial charge on any atom is -0.301 e. The zero-order valence-corrected chi connectivity index (χ0v) is 18.0. The van der Waals surface area contributed by atoms with Gasteiger partial charge in [0.1, 0.15) is 0 Å². The normalized spacial score (nSPS) is 27.6. The fourth-order valence-corrected chi connectivity index (χ4v) is 5.53. The molecule has 2 saturated heterocycles. The number of likely N-dealkylation sites (tertiary alicyclic amines) is 1. The van der Waals surface area contributed by atoms with E-state index in [1.54, 1.807) is 4.90 Å². The average Bonchev–Trinajstić information content (AvgIpc) is 2.96. The third-order valence-electron chi connectivity index (χ3n) is 7.49. The average molecular weight is 398 g/mol. The molecule has 1 aliphatic carbocycles. The molecule has 3 fully saturated rings. The van der Waals surface area contributed by atoms with Crippen LogP contribution in [-0.2, 0) is 16.1 Å². The lowest BCUT2D eigenvalue weighted by molar-refractivity contribution is -0.160. The first-order valence-electron chi connectivity index (χ1n) is 11.3. The van der Waals surface area contributed by atoms with E-state index in [9.17, 15) is 9.59 Å². The van der Waals surface area contributed by atoms with Crippen molar-refractivity contribution in [2.75, 3.05) is 39.3 Å². The van der Waals surface area contributed by atoms with E-state index in [1.807, 2.05) is 0 Å². The summed E-state index contributed by atoms with van der Waals surface area (Å²) in [7, 11) is 0. The number of imide groups is 1. The number of rotatable bonds is 7. The Labute approximate surface area is 175 Å². The van der Waals surface area contributed by atoms with Gasteiger partial charge in [0, 0.05) is 51.1 Å². The lowest BCUT2D eigenvalue weighted by Crippen LogP contribution is -2.54. The Morgan fingerprint density at radius 1 is 0.828 bits per heavy atom. The van der Waals surface area contributed by atoms with Gasteiger partial charge in [-0.05, 0) is 43.2 Å². The first-order chi connectivity index (χ1) is 14.0. The summed E-state index contributed by atoms with van der Waals surface area (Å²) in [5.74, 6) is 0.261. The number of carbonyl (C=O) groups excluding carboxylic acids is 2. The second-order valence-corrected chi connectivity index (χ2v) is 9.64. The molecule has 0 aromatic heterocycles. The molecule has 0 unspecified atom stereocenters. The van der Waals surface area contributed by atoms with Crippen molar-refractivity contribution in [1.82, 2.24) is 14.7 Å². The largest absolute Gasteiger partial charge is 0.301 e. The summed E-state index contributed by atoms with van der Waals surface area (Å²) in [6.45, 7) is 11.3. The van der Waals surface area contributed by atoms with E-state index in [0.717, 1.165) is 65.0 Å². The van der Waals surface area contributed by atoms with Gasteiger partial charge in [-0.2, -0.15) is 0 Å². The number of hydrogen-bond acceptors (Lipinski definition) is 4. The molecule has 0 spiro atoms. The van der Waals surface area contributed by atoms with Crippen LogP contribution in [0.4, 0.5) is 0 Å². The topological polar surface area (TPSA) is 43.9 Å². The number of piperazine rings is 1. The smallest absolute Gasteiger partial charge is 0.232 e. The lowest BCUT2D eigenvalue weighted by atomic mass is 9.71. The number of unbranched alkanes of at least 4 members (excludes halogenated alkanes) is 1. The first-order valence-corrected chi connectivity index (χ1v) is 11.3. The fraction of sp³-hybridized carbons (Fsp3) is 0.667. The van der Waals surface area contributed by atoms with Gasteiger partial charge in [-0.15, -0.1) is 0 Å². The molecule has 1 aromatic rings. The maximum Gasteiger partial charge on any atom is 0.232 e. The van der Waals surface area contributed by atoms with Crippen molar-refractivity contribution >= 4 is 11.8 Å². The Kier molecular flexibility index (Phi) is 6.07. The summed E-state index contributed by atoms with van der Waals surface area (Å²) in [6, 6.07) is 10.7. The number of benzene rings is 1. The maximum absolute atomic E-state index is 12.8. The zero-order valence-electron chi connectivity index (χ0n) is 18.0. The van der Waals surface area contributed by atoms with Gasteiger partial charge in [-0.25, -0.2) is 0 Å². The highest BCUT2D eigenvalue weighted by Crippen LogP contribution is 2.52. The van der Waals surface area contributed by atoms with E-state index in [1.165, 1.54) is 5.56 Å². The molecule has 1 aromatic carbocycles. The molecule has 5 nitrogen and oxygen atoms in total. The molecule has 5 heteroatoms. The van der Waals surface area contributed by atoms with Crippen LogP contribution < -0.4 is 0 Å². The van der Waals surface area contributed by atoms with Gasteiger partial charge in [0.05, 0.1) is 0 Å². The summed E-state index contributed by atoms with van der Waals surface area (Å²) < 4.78 is 0. The van der Waals surface area contributed by atoms with Crippen LogP contribution in [-0.4, -0.2) is 65.8 Å². The Hall–Kier alpha value is -1.72. The molecule has 0 radical (unpaired) electrons. The van der Waals surface area contributed by atoms with Crippen molar-refractivity contribution in [2.24, 2.45) is 17.3 Å². The van der Waals surface area contributed by atoms with E-state index in [0.29, 0.717) is 6.54 Å². The second kappa shape index (κ2) is 8.57. The number of fused-ring (bicyclic) bond motifs is 2. The molecule has 2 bridgehead atoms. The van der Waals surface area contributed by atoms with Gasteiger partial charge in [-0.1, -0.05) is 44.2 Å². The highest BCUT2D eigenvalue weighted by atomic mass is 16.2. The van der Waals surface area contributed by atoms with Crippen LogP contribution >= 0.6 is 0 Å². The Morgan fingerprint density at radius 2 is 1.38 bits per heavy atom. The standard InChI is InChI=1S/C24H35N3O2/c1-24(2)20-10-11-21(24)23(29)27(22(20)28)13-7-6-12-25-14-16-26(17-15-25)18-19-8-4-3-5-9-19/h3-5,8-9,20-21H,6-7,10-18H2,1-2H3/t20-,21-/m1/s1. The third-order valence-corrected chi connectivity index (χ3v) is 7.49. The van der Waals surface area contributed by atoms with Crippen LogP contribution in [0, 0.1) is 17.3 Å². The van der Waals surface area contributed by atoms with Gasteiger partial charge in [-0.3, -0.25) is 19.4 Å². The predicted molar refractivity (Wildman–Crippen MR) is 114 cm³/mol. The highest BCUT2D eigenvalue weighted by Gasteiger charge is 2.56. The summed E-state index contributed by atoms with van der Waals surface area (Å²) in [6.07, 6.45) is 3.73. The molecule has 0 N–H and O–H groups in total. The number of piperidine rings is 1. The summed E-state index contributed by atoms with van der Waals surface area (Å²) in [4.78, 5) is 32.2. The number of amides is 2. The molecular formula is C24H35N3O2. The molecule has 29 heavy (non-hydrogen) atoms. The van der Waals surface area contributed by atoms with Crippen molar-refractivity contribution < 1.29 is 9.59 Å². The van der Waals surface area contributed by atoms with E-state index >= 15 is 0 Å². The van der Waals surface area contributed by atoms with Gasteiger partial charge >= 0.3 is 0 Å². The van der Waals surface area contributed by atoms with Crippen LogP contribution in [0.2, 0.25) is 0 Å². The molecule has 2 aliphatic heterocycles. The summed E-state index contributed by atoms with van der Waals surface area (Å²) in [5, 5.41) is 0. The SMILES string of the molecule is CC1(C)[C@@H]2CC[C@@H]1C(=O)N(CCCCN1CCN(Cc3ccccc3)CC1)C2=O. The van der Waals surface area contributed by atoms with Crippen molar-refractivity contribution in [3.05, 3.63) is 35.9 Å². The van der Waals surface area contributed by atoms with Gasteiger partial charge in [0.15, 0.2) is 0 Å². The number of carbonyl (C=O) groups is 2. The molecule has 158 valence electrons. The van der Waals surface area contributed by atoms with Crippen LogP contribution in [0.3, 0.4) is 0 Å². The van der Waals surface area contributed by atoms with Crippen LogP contribution in [0.1, 0.15) is 45.1 Å². The van der Waals surface area contributed by atoms with E-state index in [4.69, 9.17) is 0 Å². The zero-order chi connectivity index (χ0) is 20.4. The van der Waals surface area contributed by atoms with Crippen LogP contribution in [0.15, 0.2) is 30.3 Å². The van der Waals surface area contributed by atoms with Gasteiger partial charge < -0.3 is 4.90 Å². The van der Waals surface area contributed by atoms with E-state index < -0.39 is 0 Å². The predicted octanol–water partition coefficient (Wildman–Crippen LogP) is 3.01. The Bertz CT molecular complexity index is 699. The minimum absolute atomic E-state index is 0.0443. The molecule has 2 amide bonds. The maximum atomic E-state index is 12.8. The van der Waals surface area contributed by atoms with Crippen molar-refractivity contribution in [1.29, 1.82) is 0 Å². The Balaban J connectivity index is 1.16. The molecule has 4 rings (SSSR count). The minimum atomic E-state index is -0.149. The monoisotopic (exact) mass is 397 g/mol. The van der Waals surface area contributed by atoms with E-state index in [2.05, 4.69) is 54.0 Å². The van der Waals surface area contributed by atoms with Crippen LogP contribution in [0.25, 0.3) is 0 Å². The molecule has 2 atom stereocenters. The highest BCUT2D eigenvalue weighted by molar-refractivity contribution is 6.01. The molecule has 1 saturated carbocycles. The Morgan fingerprint density at radius 3 is 2.00 bits per heavy atom. The second-order valence-electron chi connectivity index (χ2n) is 9.64. The summed E-state index contributed by atoms with van der Waals surface area (Å²) in [5.41, 5.74) is 1.23. The van der Waals surface area contributed by atoms with E-state index in [-0.39, 0.29) is 29.1 Å². The molecular weight excluding hydrogens is 362 g/mol. The number of hydrogen-bond donors (Lipinski definition) is 0.